The number of aromatic nitrogens is 6. The van der Waals surface area contributed by atoms with Gasteiger partial charge in [-0.15, -0.1) is 0 Å². The summed E-state index contributed by atoms with van der Waals surface area (Å²) in [6, 6.07) is 10.7. The van der Waals surface area contributed by atoms with Crippen LogP contribution in [0.1, 0.15) is 42.9 Å². The molecule has 0 amide bonds. The van der Waals surface area contributed by atoms with Crippen LogP contribution in [0.15, 0.2) is 42.9 Å². The summed E-state index contributed by atoms with van der Waals surface area (Å²) in [6.45, 7) is 2.76. The maximum Gasteiger partial charge on any atom is 0.227 e. The fourth-order valence-corrected chi connectivity index (χ4v) is 4.45. The first-order valence-electron chi connectivity index (χ1n) is 11.4. The van der Waals surface area contributed by atoms with Gasteiger partial charge in [0.2, 0.25) is 5.95 Å². The van der Waals surface area contributed by atoms with E-state index in [2.05, 4.69) is 64.9 Å². The number of hydrogen-bond acceptors (Lipinski definition) is 7. The lowest BCUT2D eigenvalue weighted by Crippen LogP contribution is -2.43. The number of benzene rings is 1. The van der Waals surface area contributed by atoms with Crippen molar-refractivity contribution >= 4 is 28.6 Å². The van der Waals surface area contributed by atoms with E-state index in [0.29, 0.717) is 12.0 Å². The third-order valence-electron chi connectivity index (χ3n) is 6.36. The van der Waals surface area contributed by atoms with Crippen molar-refractivity contribution in [2.24, 2.45) is 0 Å². The van der Waals surface area contributed by atoms with E-state index < -0.39 is 0 Å². The number of H-pyrrole nitrogens is 2. The van der Waals surface area contributed by atoms with E-state index in [0.717, 1.165) is 61.1 Å². The molecule has 1 aliphatic carbocycles. The van der Waals surface area contributed by atoms with Crippen LogP contribution < -0.4 is 15.5 Å². The lowest BCUT2D eigenvalue weighted by molar-refractivity contribution is 0.424. The normalized spacial score (nSPS) is 17.0. The molecular weight excluding hydrogens is 402 g/mol. The van der Waals surface area contributed by atoms with Gasteiger partial charge in [-0.1, -0.05) is 6.07 Å². The van der Waals surface area contributed by atoms with Gasteiger partial charge in [0.1, 0.15) is 5.82 Å². The summed E-state index contributed by atoms with van der Waals surface area (Å²) in [7, 11) is 0. The Morgan fingerprint density at radius 1 is 1.00 bits per heavy atom. The second kappa shape index (κ2) is 8.23. The maximum atomic E-state index is 4.87. The zero-order chi connectivity index (χ0) is 21.3. The number of hydrogen-bond donors (Lipinski definition) is 4. The van der Waals surface area contributed by atoms with Gasteiger partial charge in [-0.05, 0) is 62.5 Å². The minimum atomic E-state index is 0.383. The van der Waals surface area contributed by atoms with Crippen LogP contribution in [0.5, 0.6) is 0 Å². The van der Waals surface area contributed by atoms with Crippen LogP contribution in [0.4, 0.5) is 17.6 Å². The van der Waals surface area contributed by atoms with Crippen molar-refractivity contribution in [2.45, 2.75) is 44.2 Å². The first-order valence-corrected chi connectivity index (χ1v) is 11.4. The maximum absolute atomic E-state index is 4.87. The smallest absolute Gasteiger partial charge is 0.227 e. The van der Waals surface area contributed by atoms with E-state index in [1.165, 1.54) is 24.1 Å². The van der Waals surface area contributed by atoms with Gasteiger partial charge in [0, 0.05) is 36.5 Å². The standard InChI is InChI=1S/C23H27N9/c1-4-18-20(27-14-26-18)11-15(1)13-32(17-5-8-24-9-6-17)23-25-10-7-21(29-23)28-22-12-19(30-31-22)16-2-3-16/h1,4,7,10-12,14,16-17,24H,2-3,5-6,8-9,13H2,(H,26,27)(H2,25,28,29,30,31). The molecule has 164 valence electrons. The molecule has 9 nitrogen and oxygen atoms in total. The quantitative estimate of drug-likeness (QED) is 0.356. The summed E-state index contributed by atoms with van der Waals surface area (Å²) in [6.07, 6.45) is 8.18. The van der Waals surface area contributed by atoms with Crippen LogP contribution in [-0.2, 0) is 6.54 Å². The Labute approximate surface area is 186 Å². The topological polar surface area (TPSA) is 110 Å². The average Bonchev–Trinajstić information content (AvgIpc) is 3.39. The first kappa shape index (κ1) is 19.2. The van der Waals surface area contributed by atoms with Crippen molar-refractivity contribution in [3.05, 3.63) is 54.1 Å². The predicted octanol–water partition coefficient (Wildman–Crippen LogP) is 3.46. The second-order valence-electron chi connectivity index (χ2n) is 8.71. The van der Waals surface area contributed by atoms with E-state index in [1.807, 2.05) is 12.3 Å². The van der Waals surface area contributed by atoms with Crippen molar-refractivity contribution in [1.29, 1.82) is 0 Å². The Bertz CT molecular complexity index is 1200. The van der Waals surface area contributed by atoms with Crippen LogP contribution in [0, 0.1) is 0 Å². The number of fused-ring (bicyclic) bond motifs is 1. The highest BCUT2D eigenvalue weighted by Gasteiger charge is 2.26. The summed E-state index contributed by atoms with van der Waals surface area (Å²) in [5.41, 5.74) is 4.43. The molecule has 4 aromatic rings. The van der Waals surface area contributed by atoms with Crippen molar-refractivity contribution in [3.63, 3.8) is 0 Å². The molecule has 1 aliphatic heterocycles. The third kappa shape index (κ3) is 4.03. The van der Waals surface area contributed by atoms with Crippen LogP contribution in [0.25, 0.3) is 11.0 Å². The van der Waals surface area contributed by atoms with E-state index in [9.17, 15) is 0 Å². The van der Waals surface area contributed by atoms with E-state index in [-0.39, 0.29) is 0 Å². The molecule has 1 saturated heterocycles. The molecule has 3 aromatic heterocycles. The Morgan fingerprint density at radius 3 is 2.78 bits per heavy atom. The lowest BCUT2D eigenvalue weighted by Gasteiger charge is -2.35. The fourth-order valence-electron chi connectivity index (χ4n) is 4.45. The van der Waals surface area contributed by atoms with E-state index in [1.54, 1.807) is 6.33 Å². The SMILES string of the molecule is c1cc(Nc2cc(C3CC3)[nH]n2)nc(N(Cc2ccc3[nH]cnc3c2)C2CCNCC2)n1. The number of nitrogens with zero attached hydrogens (tertiary/aromatic N) is 5. The number of aromatic amines is 2. The molecule has 0 spiro atoms. The molecule has 0 atom stereocenters. The minimum Gasteiger partial charge on any atom is -0.345 e. The summed E-state index contributed by atoms with van der Waals surface area (Å²) in [5, 5.41) is 14.3. The van der Waals surface area contributed by atoms with Gasteiger partial charge in [-0.3, -0.25) is 5.10 Å². The highest BCUT2D eigenvalue weighted by atomic mass is 15.3. The van der Waals surface area contributed by atoms with Crippen LogP contribution in [0.2, 0.25) is 0 Å². The number of imidazole rings is 1. The monoisotopic (exact) mass is 429 g/mol. The van der Waals surface area contributed by atoms with Gasteiger partial charge in [0.15, 0.2) is 5.82 Å². The van der Waals surface area contributed by atoms with E-state index in [4.69, 9.17) is 4.98 Å². The molecule has 0 bridgehead atoms. The van der Waals surface area contributed by atoms with Crippen molar-refractivity contribution in [3.8, 4) is 0 Å². The van der Waals surface area contributed by atoms with Gasteiger partial charge in [0.25, 0.3) is 0 Å². The lowest BCUT2D eigenvalue weighted by atomic mass is 10.0. The molecule has 2 aliphatic rings. The van der Waals surface area contributed by atoms with Gasteiger partial charge >= 0.3 is 0 Å². The highest BCUT2D eigenvalue weighted by molar-refractivity contribution is 5.75. The Balaban J connectivity index is 1.27. The zero-order valence-electron chi connectivity index (χ0n) is 17.9. The molecule has 1 saturated carbocycles. The number of rotatable bonds is 7. The molecule has 4 heterocycles. The highest BCUT2D eigenvalue weighted by Crippen LogP contribution is 2.39. The molecule has 0 radical (unpaired) electrons. The molecule has 4 N–H and O–H groups in total. The average molecular weight is 430 g/mol. The van der Waals surface area contributed by atoms with Gasteiger partial charge in [0.05, 0.1) is 17.4 Å². The summed E-state index contributed by atoms with van der Waals surface area (Å²) in [4.78, 5) is 19.4. The number of piperidine rings is 1. The summed E-state index contributed by atoms with van der Waals surface area (Å²) in [5.74, 6) is 2.93. The predicted molar refractivity (Wildman–Crippen MR) is 124 cm³/mol. The van der Waals surface area contributed by atoms with Crippen LogP contribution >= 0.6 is 0 Å². The molecule has 0 unspecified atom stereocenters. The van der Waals surface area contributed by atoms with Crippen molar-refractivity contribution < 1.29 is 0 Å². The third-order valence-corrected chi connectivity index (χ3v) is 6.36. The van der Waals surface area contributed by atoms with Crippen molar-refractivity contribution in [1.82, 2.24) is 35.5 Å². The number of nitrogens with one attached hydrogen (secondary N) is 4. The Morgan fingerprint density at radius 2 is 1.91 bits per heavy atom. The summed E-state index contributed by atoms with van der Waals surface area (Å²) >= 11 is 0. The Kier molecular flexibility index (Phi) is 4.95. The van der Waals surface area contributed by atoms with Gasteiger partial charge in [-0.2, -0.15) is 10.1 Å². The number of anilines is 3. The molecule has 32 heavy (non-hydrogen) atoms. The zero-order valence-corrected chi connectivity index (χ0v) is 17.9. The minimum absolute atomic E-state index is 0.383. The molecule has 6 rings (SSSR count). The molecule has 9 heteroatoms. The summed E-state index contributed by atoms with van der Waals surface area (Å²) < 4.78 is 0. The first-order chi connectivity index (χ1) is 15.8. The van der Waals surface area contributed by atoms with Crippen LogP contribution in [0.3, 0.4) is 0 Å². The Hall–Kier alpha value is -3.46. The molecule has 1 aromatic carbocycles. The second-order valence-corrected chi connectivity index (χ2v) is 8.71. The fraction of sp³-hybridized carbons (Fsp3) is 0.391. The molecular formula is C23H27N9. The largest absolute Gasteiger partial charge is 0.345 e. The van der Waals surface area contributed by atoms with E-state index >= 15 is 0 Å². The molecule has 2 fully saturated rings. The van der Waals surface area contributed by atoms with Gasteiger partial charge in [-0.25, -0.2) is 9.97 Å². The van der Waals surface area contributed by atoms with Crippen molar-refractivity contribution in [2.75, 3.05) is 23.3 Å². The van der Waals surface area contributed by atoms with Gasteiger partial charge < -0.3 is 20.5 Å². The van der Waals surface area contributed by atoms with Crippen LogP contribution in [-0.4, -0.2) is 49.3 Å².